The Hall–Kier alpha value is -1.28. The average molecular weight is 218 g/mol. The second-order valence-electron chi connectivity index (χ2n) is 3.35. The molecular weight excluding hydrogens is 204 g/mol. The summed E-state index contributed by atoms with van der Waals surface area (Å²) in [5.74, 6) is 0.956. The van der Waals surface area contributed by atoms with Gasteiger partial charge in [-0.25, -0.2) is 0 Å². The zero-order chi connectivity index (χ0) is 10.5. The first-order chi connectivity index (χ1) is 7.40. The normalized spacial score (nSPS) is 10.2. The van der Waals surface area contributed by atoms with Gasteiger partial charge in [-0.15, -0.1) is 11.3 Å². The van der Waals surface area contributed by atoms with Crippen LogP contribution in [0.4, 0.5) is 0 Å². The standard InChI is InChI=1S/C13H14OS/c1-2-9-14-12-7-5-11(6-8-12)13-4-3-10-15-13/h3-8,10H,2,9H2,1H3. The monoisotopic (exact) mass is 218 g/mol. The lowest BCUT2D eigenvalue weighted by atomic mass is 10.2. The quantitative estimate of drug-likeness (QED) is 0.747. The first-order valence-electron chi connectivity index (χ1n) is 5.17. The minimum absolute atomic E-state index is 0.790. The molecule has 0 atom stereocenters. The largest absolute Gasteiger partial charge is 0.494 e. The first-order valence-corrected chi connectivity index (χ1v) is 6.05. The predicted octanol–water partition coefficient (Wildman–Crippen LogP) is 4.20. The van der Waals surface area contributed by atoms with Gasteiger partial charge in [-0.3, -0.25) is 0 Å². The van der Waals surface area contributed by atoms with E-state index in [0.29, 0.717) is 0 Å². The van der Waals surface area contributed by atoms with Crippen molar-refractivity contribution in [1.29, 1.82) is 0 Å². The van der Waals surface area contributed by atoms with Crippen molar-refractivity contribution in [3.8, 4) is 16.2 Å². The minimum Gasteiger partial charge on any atom is -0.494 e. The summed E-state index contributed by atoms with van der Waals surface area (Å²) in [6.45, 7) is 2.90. The smallest absolute Gasteiger partial charge is 0.119 e. The van der Waals surface area contributed by atoms with Crippen LogP contribution in [0.2, 0.25) is 0 Å². The molecule has 0 N–H and O–H groups in total. The number of ether oxygens (including phenoxy) is 1. The molecule has 0 fully saturated rings. The highest BCUT2D eigenvalue weighted by molar-refractivity contribution is 7.13. The molecule has 0 unspecified atom stereocenters. The molecule has 2 heteroatoms. The van der Waals surface area contributed by atoms with Crippen molar-refractivity contribution in [2.45, 2.75) is 13.3 Å². The van der Waals surface area contributed by atoms with E-state index in [-0.39, 0.29) is 0 Å². The Morgan fingerprint density at radius 1 is 1.13 bits per heavy atom. The Morgan fingerprint density at radius 2 is 1.93 bits per heavy atom. The number of hydrogen-bond donors (Lipinski definition) is 0. The third-order valence-electron chi connectivity index (χ3n) is 2.13. The van der Waals surface area contributed by atoms with E-state index in [9.17, 15) is 0 Å². The van der Waals surface area contributed by atoms with Gasteiger partial charge >= 0.3 is 0 Å². The van der Waals surface area contributed by atoms with Gasteiger partial charge in [-0.2, -0.15) is 0 Å². The van der Waals surface area contributed by atoms with Crippen LogP contribution in [-0.2, 0) is 0 Å². The molecule has 0 aliphatic heterocycles. The number of hydrogen-bond acceptors (Lipinski definition) is 2. The van der Waals surface area contributed by atoms with Gasteiger partial charge in [0.2, 0.25) is 0 Å². The van der Waals surface area contributed by atoms with E-state index in [4.69, 9.17) is 4.74 Å². The third kappa shape index (κ3) is 2.60. The lowest BCUT2D eigenvalue weighted by Crippen LogP contribution is -1.94. The van der Waals surface area contributed by atoms with Gasteiger partial charge in [0.25, 0.3) is 0 Å². The van der Waals surface area contributed by atoms with Crippen molar-refractivity contribution in [2.24, 2.45) is 0 Å². The lowest BCUT2D eigenvalue weighted by Gasteiger charge is -2.04. The van der Waals surface area contributed by atoms with Gasteiger partial charge in [0, 0.05) is 4.88 Å². The van der Waals surface area contributed by atoms with Gasteiger partial charge < -0.3 is 4.74 Å². The van der Waals surface area contributed by atoms with Gasteiger partial charge in [0.05, 0.1) is 6.61 Å². The Balaban J connectivity index is 2.11. The molecule has 0 saturated heterocycles. The highest BCUT2D eigenvalue weighted by atomic mass is 32.1. The Kier molecular flexibility index (Phi) is 3.41. The summed E-state index contributed by atoms with van der Waals surface area (Å²) in [5, 5.41) is 2.09. The van der Waals surface area contributed by atoms with Crippen molar-refractivity contribution in [2.75, 3.05) is 6.61 Å². The molecule has 15 heavy (non-hydrogen) atoms. The molecule has 0 aliphatic carbocycles. The molecule has 0 radical (unpaired) electrons. The number of rotatable bonds is 4. The van der Waals surface area contributed by atoms with Crippen LogP contribution >= 0.6 is 11.3 Å². The second kappa shape index (κ2) is 4.99. The number of thiophene rings is 1. The van der Waals surface area contributed by atoms with E-state index in [2.05, 4.69) is 36.6 Å². The van der Waals surface area contributed by atoms with Crippen molar-refractivity contribution >= 4 is 11.3 Å². The fourth-order valence-electron chi connectivity index (χ4n) is 1.38. The van der Waals surface area contributed by atoms with Crippen molar-refractivity contribution < 1.29 is 4.74 Å². The van der Waals surface area contributed by atoms with Crippen LogP contribution in [0, 0.1) is 0 Å². The Bertz CT molecular complexity index is 389. The first kappa shape index (κ1) is 10.2. The van der Waals surface area contributed by atoms with E-state index < -0.39 is 0 Å². The maximum absolute atomic E-state index is 5.53. The molecule has 1 aromatic carbocycles. The lowest BCUT2D eigenvalue weighted by molar-refractivity contribution is 0.317. The highest BCUT2D eigenvalue weighted by Crippen LogP contribution is 2.26. The van der Waals surface area contributed by atoms with E-state index >= 15 is 0 Å². The molecule has 78 valence electrons. The summed E-state index contributed by atoms with van der Waals surface area (Å²) in [6, 6.07) is 12.5. The fourth-order valence-corrected chi connectivity index (χ4v) is 2.11. The zero-order valence-electron chi connectivity index (χ0n) is 8.77. The molecule has 1 heterocycles. The Labute approximate surface area is 94.3 Å². The fraction of sp³-hybridized carbons (Fsp3) is 0.231. The van der Waals surface area contributed by atoms with Crippen LogP contribution in [0.1, 0.15) is 13.3 Å². The van der Waals surface area contributed by atoms with Crippen LogP contribution in [-0.4, -0.2) is 6.61 Å². The predicted molar refractivity (Wildman–Crippen MR) is 65.5 cm³/mol. The topological polar surface area (TPSA) is 9.23 Å². The second-order valence-corrected chi connectivity index (χ2v) is 4.30. The molecule has 2 aromatic rings. The molecule has 0 aliphatic rings. The van der Waals surface area contributed by atoms with Gasteiger partial charge in [0.1, 0.15) is 5.75 Å². The van der Waals surface area contributed by atoms with E-state index in [1.807, 2.05) is 12.1 Å². The molecule has 1 aromatic heterocycles. The van der Waals surface area contributed by atoms with Crippen molar-refractivity contribution in [1.82, 2.24) is 0 Å². The zero-order valence-corrected chi connectivity index (χ0v) is 9.59. The summed E-state index contributed by atoms with van der Waals surface area (Å²) >= 11 is 1.76. The summed E-state index contributed by atoms with van der Waals surface area (Å²) in [7, 11) is 0. The SMILES string of the molecule is CCCOc1ccc(-c2cccs2)cc1. The van der Waals surface area contributed by atoms with E-state index in [1.165, 1.54) is 10.4 Å². The molecule has 0 amide bonds. The summed E-state index contributed by atoms with van der Waals surface area (Å²) < 4.78 is 5.53. The minimum atomic E-state index is 0.790. The van der Waals surface area contributed by atoms with Crippen LogP contribution in [0.3, 0.4) is 0 Å². The summed E-state index contributed by atoms with van der Waals surface area (Å²) in [4.78, 5) is 1.30. The Morgan fingerprint density at radius 3 is 2.53 bits per heavy atom. The molecule has 2 rings (SSSR count). The van der Waals surface area contributed by atoms with Gasteiger partial charge in [-0.1, -0.05) is 13.0 Å². The summed E-state index contributed by atoms with van der Waals surface area (Å²) in [6.07, 6.45) is 1.05. The number of benzene rings is 1. The van der Waals surface area contributed by atoms with E-state index in [0.717, 1.165) is 18.8 Å². The van der Waals surface area contributed by atoms with Gasteiger partial charge in [0.15, 0.2) is 0 Å². The van der Waals surface area contributed by atoms with Crippen LogP contribution < -0.4 is 4.74 Å². The van der Waals surface area contributed by atoms with Crippen LogP contribution in [0.5, 0.6) is 5.75 Å². The summed E-state index contributed by atoms with van der Waals surface area (Å²) in [5.41, 5.74) is 1.26. The van der Waals surface area contributed by atoms with Gasteiger partial charge in [-0.05, 0) is 47.7 Å². The average Bonchev–Trinajstić information content (AvgIpc) is 2.80. The molecule has 0 bridgehead atoms. The maximum Gasteiger partial charge on any atom is 0.119 e. The van der Waals surface area contributed by atoms with Crippen LogP contribution in [0.25, 0.3) is 10.4 Å². The van der Waals surface area contributed by atoms with E-state index in [1.54, 1.807) is 11.3 Å². The molecule has 0 saturated carbocycles. The van der Waals surface area contributed by atoms with Crippen LogP contribution in [0.15, 0.2) is 41.8 Å². The molecule has 1 nitrogen and oxygen atoms in total. The molecule has 0 spiro atoms. The van der Waals surface area contributed by atoms with Crippen molar-refractivity contribution in [3.63, 3.8) is 0 Å². The molecular formula is C13H14OS. The maximum atomic E-state index is 5.53. The highest BCUT2D eigenvalue weighted by Gasteiger charge is 1.98. The van der Waals surface area contributed by atoms with Crippen molar-refractivity contribution in [3.05, 3.63) is 41.8 Å². The third-order valence-corrected chi connectivity index (χ3v) is 3.05.